The van der Waals surface area contributed by atoms with Gasteiger partial charge in [0.1, 0.15) is 0 Å². The van der Waals surface area contributed by atoms with E-state index in [9.17, 15) is 8.78 Å². The predicted octanol–water partition coefficient (Wildman–Crippen LogP) is 4.96. The second-order valence-corrected chi connectivity index (χ2v) is 6.45. The fourth-order valence-electron chi connectivity index (χ4n) is 3.20. The van der Waals surface area contributed by atoms with Crippen molar-refractivity contribution >= 4 is 22.6 Å². The standard InChI is InChI=1S/C15H18ClF2N3/c1-9(2)21-8-11(10-4-3-5-15(17,18)6-10)13-12(21)7-19-14(16)20-13/h7-10H,3-6H2,1-2H3. The van der Waals surface area contributed by atoms with E-state index in [1.807, 2.05) is 24.6 Å². The molecular formula is C15H18ClF2N3. The molecule has 0 amide bonds. The van der Waals surface area contributed by atoms with Crippen molar-refractivity contribution in [2.24, 2.45) is 0 Å². The third kappa shape index (κ3) is 2.76. The van der Waals surface area contributed by atoms with Gasteiger partial charge >= 0.3 is 0 Å². The van der Waals surface area contributed by atoms with Crippen LogP contribution in [-0.2, 0) is 0 Å². The molecule has 0 aliphatic heterocycles. The van der Waals surface area contributed by atoms with Crippen molar-refractivity contribution in [2.75, 3.05) is 0 Å². The molecule has 6 heteroatoms. The van der Waals surface area contributed by atoms with Crippen molar-refractivity contribution < 1.29 is 8.78 Å². The van der Waals surface area contributed by atoms with E-state index in [2.05, 4.69) is 9.97 Å². The van der Waals surface area contributed by atoms with Gasteiger partial charge in [0.05, 0.1) is 17.2 Å². The Morgan fingerprint density at radius 1 is 1.43 bits per heavy atom. The molecular weight excluding hydrogens is 296 g/mol. The van der Waals surface area contributed by atoms with Crippen LogP contribution in [0, 0.1) is 0 Å². The molecule has 2 aromatic heterocycles. The van der Waals surface area contributed by atoms with Gasteiger partial charge in [-0.25, -0.2) is 18.7 Å². The summed E-state index contributed by atoms with van der Waals surface area (Å²) in [7, 11) is 0. The average molecular weight is 314 g/mol. The highest BCUT2D eigenvalue weighted by molar-refractivity contribution is 6.28. The number of fused-ring (bicyclic) bond motifs is 1. The molecule has 1 aliphatic carbocycles. The molecule has 1 atom stereocenters. The molecule has 0 spiro atoms. The van der Waals surface area contributed by atoms with Crippen LogP contribution in [0.25, 0.3) is 11.0 Å². The zero-order chi connectivity index (χ0) is 15.2. The molecule has 114 valence electrons. The van der Waals surface area contributed by atoms with Crippen LogP contribution in [0.5, 0.6) is 0 Å². The minimum atomic E-state index is -2.58. The highest BCUT2D eigenvalue weighted by Gasteiger charge is 2.38. The molecule has 0 bridgehead atoms. The summed E-state index contributed by atoms with van der Waals surface area (Å²) < 4.78 is 29.5. The van der Waals surface area contributed by atoms with E-state index in [0.29, 0.717) is 11.9 Å². The van der Waals surface area contributed by atoms with Crippen LogP contribution < -0.4 is 0 Å². The monoisotopic (exact) mass is 313 g/mol. The Morgan fingerprint density at radius 2 is 2.19 bits per heavy atom. The van der Waals surface area contributed by atoms with Crippen molar-refractivity contribution in [1.29, 1.82) is 0 Å². The van der Waals surface area contributed by atoms with E-state index in [1.54, 1.807) is 6.20 Å². The van der Waals surface area contributed by atoms with Crippen molar-refractivity contribution in [2.45, 2.75) is 57.4 Å². The number of rotatable bonds is 2. The summed E-state index contributed by atoms with van der Waals surface area (Å²) >= 11 is 5.89. The van der Waals surface area contributed by atoms with Gasteiger partial charge in [-0.2, -0.15) is 0 Å². The van der Waals surface area contributed by atoms with Gasteiger partial charge in [0.15, 0.2) is 0 Å². The zero-order valence-electron chi connectivity index (χ0n) is 12.1. The average Bonchev–Trinajstić information content (AvgIpc) is 2.76. The first-order chi connectivity index (χ1) is 9.87. The van der Waals surface area contributed by atoms with Gasteiger partial charge < -0.3 is 4.57 Å². The Morgan fingerprint density at radius 3 is 2.86 bits per heavy atom. The molecule has 21 heavy (non-hydrogen) atoms. The first kappa shape index (κ1) is 14.7. The summed E-state index contributed by atoms with van der Waals surface area (Å²) in [6.07, 6.45) is 4.83. The summed E-state index contributed by atoms with van der Waals surface area (Å²) in [5.74, 6) is -2.74. The molecule has 1 saturated carbocycles. The van der Waals surface area contributed by atoms with Gasteiger partial charge in [-0.15, -0.1) is 0 Å². The Balaban J connectivity index is 2.11. The predicted molar refractivity (Wildman–Crippen MR) is 79.1 cm³/mol. The topological polar surface area (TPSA) is 30.7 Å². The first-order valence-corrected chi connectivity index (χ1v) is 7.66. The normalized spacial score (nSPS) is 22.1. The lowest BCUT2D eigenvalue weighted by Gasteiger charge is -2.28. The summed E-state index contributed by atoms with van der Waals surface area (Å²) in [4.78, 5) is 8.31. The van der Waals surface area contributed by atoms with E-state index in [0.717, 1.165) is 17.5 Å². The second-order valence-electron chi connectivity index (χ2n) is 6.11. The van der Waals surface area contributed by atoms with Crippen molar-refractivity contribution in [3.63, 3.8) is 0 Å². The Labute approximate surface area is 127 Å². The SMILES string of the molecule is CC(C)n1cc(C2CCCC(F)(F)C2)c2nc(Cl)ncc21. The Bertz CT molecular complexity index is 666. The van der Waals surface area contributed by atoms with E-state index in [1.165, 1.54) is 0 Å². The maximum absolute atomic E-state index is 13.7. The smallest absolute Gasteiger partial charge is 0.248 e. The van der Waals surface area contributed by atoms with Crippen LogP contribution in [0.4, 0.5) is 8.78 Å². The summed E-state index contributed by atoms with van der Waals surface area (Å²) in [5.41, 5.74) is 2.45. The van der Waals surface area contributed by atoms with Crippen LogP contribution in [-0.4, -0.2) is 20.5 Å². The number of hydrogen-bond donors (Lipinski definition) is 0. The highest BCUT2D eigenvalue weighted by Crippen LogP contribution is 2.44. The maximum atomic E-state index is 13.7. The lowest BCUT2D eigenvalue weighted by Crippen LogP contribution is -2.24. The molecule has 1 unspecified atom stereocenters. The number of nitrogens with zero attached hydrogens (tertiary/aromatic N) is 3. The number of alkyl halides is 2. The van der Waals surface area contributed by atoms with Gasteiger partial charge in [0, 0.05) is 25.1 Å². The minimum absolute atomic E-state index is 0.0118. The van der Waals surface area contributed by atoms with Gasteiger partial charge in [0.2, 0.25) is 11.2 Å². The van der Waals surface area contributed by atoms with Gasteiger partial charge in [-0.3, -0.25) is 0 Å². The Kier molecular flexibility index (Phi) is 3.64. The summed E-state index contributed by atoms with van der Waals surface area (Å²) in [5, 5.41) is 0.160. The molecule has 2 aromatic rings. The number of halogens is 3. The van der Waals surface area contributed by atoms with E-state index in [4.69, 9.17) is 11.6 Å². The molecule has 1 aliphatic rings. The van der Waals surface area contributed by atoms with Crippen LogP contribution in [0.2, 0.25) is 5.28 Å². The Hall–Kier alpha value is -1.23. The van der Waals surface area contributed by atoms with Crippen LogP contribution in [0.3, 0.4) is 0 Å². The van der Waals surface area contributed by atoms with E-state index < -0.39 is 5.92 Å². The quantitative estimate of drug-likeness (QED) is 0.734. The molecule has 3 rings (SSSR count). The second kappa shape index (κ2) is 5.20. The number of hydrogen-bond acceptors (Lipinski definition) is 2. The van der Waals surface area contributed by atoms with Crippen LogP contribution in [0.1, 0.15) is 57.1 Å². The van der Waals surface area contributed by atoms with Crippen molar-refractivity contribution in [3.05, 3.63) is 23.2 Å². The molecule has 0 N–H and O–H groups in total. The molecule has 1 fully saturated rings. The molecule has 0 saturated heterocycles. The maximum Gasteiger partial charge on any atom is 0.248 e. The fourth-order valence-corrected chi connectivity index (χ4v) is 3.33. The molecule has 2 heterocycles. The van der Waals surface area contributed by atoms with E-state index in [-0.39, 0.29) is 30.1 Å². The third-order valence-electron chi connectivity index (χ3n) is 4.21. The van der Waals surface area contributed by atoms with Crippen LogP contribution >= 0.6 is 11.6 Å². The summed E-state index contributed by atoms with van der Waals surface area (Å²) in [6.45, 7) is 4.10. The van der Waals surface area contributed by atoms with Crippen LogP contribution in [0.15, 0.2) is 12.4 Å². The van der Waals surface area contributed by atoms with Crippen molar-refractivity contribution in [3.8, 4) is 0 Å². The van der Waals surface area contributed by atoms with E-state index >= 15 is 0 Å². The van der Waals surface area contributed by atoms with Gasteiger partial charge in [-0.05, 0) is 49.8 Å². The summed E-state index contributed by atoms with van der Waals surface area (Å²) in [6, 6.07) is 0.218. The van der Waals surface area contributed by atoms with Crippen molar-refractivity contribution in [1.82, 2.24) is 14.5 Å². The fraction of sp³-hybridized carbons (Fsp3) is 0.600. The zero-order valence-corrected chi connectivity index (χ0v) is 12.9. The van der Waals surface area contributed by atoms with Gasteiger partial charge in [0.25, 0.3) is 0 Å². The minimum Gasteiger partial charge on any atom is -0.342 e. The molecule has 0 radical (unpaired) electrons. The first-order valence-electron chi connectivity index (χ1n) is 7.28. The largest absolute Gasteiger partial charge is 0.342 e. The molecule has 3 nitrogen and oxygen atoms in total. The lowest BCUT2D eigenvalue weighted by molar-refractivity contribution is -0.0406. The highest BCUT2D eigenvalue weighted by atomic mass is 35.5. The molecule has 0 aromatic carbocycles. The third-order valence-corrected chi connectivity index (χ3v) is 4.39. The van der Waals surface area contributed by atoms with Gasteiger partial charge in [-0.1, -0.05) is 0 Å². The lowest BCUT2D eigenvalue weighted by atomic mass is 9.82. The number of aromatic nitrogens is 3.